The van der Waals surface area contributed by atoms with E-state index in [0.29, 0.717) is 11.3 Å². The third-order valence-electron chi connectivity index (χ3n) is 5.73. The van der Waals surface area contributed by atoms with Gasteiger partial charge in [-0.25, -0.2) is 8.78 Å². The number of amides is 2. The van der Waals surface area contributed by atoms with Crippen LogP contribution in [0.1, 0.15) is 18.1 Å². The van der Waals surface area contributed by atoms with Gasteiger partial charge >= 0.3 is 0 Å². The van der Waals surface area contributed by atoms with Crippen molar-refractivity contribution in [1.29, 1.82) is 0 Å². The number of nitrogens with zero attached hydrogens (tertiary/aromatic N) is 3. The summed E-state index contributed by atoms with van der Waals surface area (Å²) in [7, 11) is 0. The van der Waals surface area contributed by atoms with Crippen LogP contribution in [0.2, 0.25) is 0 Å². The fourth-order valence-corrected chi connectivity index (χ4v) is 4.61. The van der Waals surface area contributed by atoms with E-state index < -0.39 is 28.7 Å². The number of halogens is 2. The summed E-state index contributed by atoms with van der Waals surface area (Å²) >= 11 is 0.740. The molecular weight excluding hydrogens is 502 g/mol. The van der Waals surface area contributed by atoms with Gasteiger partial charge in [-0.2, -0.15) is 0 Å². The van der Waals surface area contributed by atoms with Gasteiger partial charge in [0.2, 0.25) is 5.88 Å². The summed E-state index contributed by atoms with van der Waals surface area (Å²) in [6.07, 6.45) is 2.22. The third-order valence-corrected chi connectivity index (χ3v) is 6.54. The Morgan fingerprint density at radius 2 is 1.78 bits per heavy atom. The molecule has 3 N–H and O–H groups in total. The van der Waals surface area contributed by atoms with Gasteiger partial charge in [-0.15, -0.1) is 10.2 Å². The van der Waals surface area contributed by atoms with Crippen LogP contribution in [0.5, 0.6) is 11.6 Å². The molecule has 0 radical (unpaired) electrons. The summed E-state index contributed by atoms with van der Waals surface area (Å²) in [5, 5.41) is 31.0. The molecule has 1 aromatic heterocycles. The largest absolute Gasteiger partial charge is 0.506 e. The number of nitrogens with one attached hydrogen (secondary N) is 1. The number of fused-ring (bicyclic) bond motifs is 1. The Morgan fingerprint density at radius 1 is 1.03 bits per heavy atom. The molecule has 0 aliphatic carbocycles. The van der Waals surface area contributed by atoms with Gasteiger partial charge in [0.05, 0.1) is 10.4 Å². The molecule has 0 bridgehead atoms. The summed E-state index contributed by atoms with van der Waals surface area (Å²) < 4.78 is 30.2. The van der Waals surface area contributed by atoms with E-state index in [1.165, 1.54) is 28.8 Å². The monoisotopic (exact) mass is 520 g/mol. The standard InChI is InChI=1S/C26H18F2N4O4S/c1-2-13-3-6-16(7-4-13)32-23-17(11-15(27)12-18(23)28)22(25(32)35)31-30-19-8-5-14(9-20(19)33)10-21-24(34)29-26(36)37-21/h3-12,33,35H,2H2,1H3,(H,29,34,36)/b21-10+,31-30?. The number of aromatic hydroxyl groups is 2. The van der Waals surface area contributed by atoms with Gasteiger partial charge in [-0.1, -0.05) is 25.1 Å². The van der Waals surface area contributed by atoms with E-state index >= 15 is 0 Å². The van der Waals surface area contributed by atoms with Crippen LogP contribution in [-0.2, 0) is 11.2 Å². The van der Waals surface area contributed by atoms with Gasteiger partial charge in [-0.05, 0) is 65.7 Å². The highest BCUT2D eigenvalue weighted by atomic mass is 32.2. The molecule has 186 valence electrons. The fourth-order valence-electron chi connectivity index (χ4n) is 3.93. The number of carbonyl (C=O) groups excluding carboxylic acids is 2. The highest BCUT2D eigenvalue weighted by Gasteiger charge is 2.25. The van der Waals surface area contributed by atoms with Crippen LogP contribution in [0.3, 0.4) is 0 Å². The third kappa shape index (κ3) is 4.56. The van der Waals surface area contributed by atoms with Crippen molar-refractivity contribution in [1.82, 2.24) is 9.88 Å². The first-order valence-electron chi connectivity index (χ1n) is 11.1. The number of benzene rings is 3. The molecule has 4 aromatic rings. The first kappa shape index (κ1) is 24.2. The molecule has 3 aromatic carbocycles. The van der Waals surface area contributed by atoms with Crippen molar-refractivity contribution in [2.45, 2.75) is 13.3 Å². The Balaban J connectivity index is 1.56. The van der Waals surface area contributed by atoms with Crippen LogP contribution in [0.15, 0.2) is 69.7 Å². The molecule has 0 spiro atoms. The Morgan fingerprint density at radius 3 is 2.43 bits per heavy atom. The van der Waals surface area contributed by atoms with Crippen LogP contribution in [0.4, 0.5) is 25.0 Å². The summed E-state index contributed by atoms with van der Waals surface area (Å²) in [6, 6.07) is 13.1. The zero-order chi connectivity index (χ0) is 26.3. The molecule has 2 amide bonds. The van der Waals surface area contributed by atoms with E-state index in [4.69, 9.17) is 0 Å². The van der Waals surface area contributed by atoms with Crippen molar-refractivity contribution in [3.8, 4) is 17.3 Å². The maximum absolute atomic E-state index is 14.9. The minimum Gasteiger partial charge on any atom is -0.506 e. The number of thioether (sulfide) groups is 1. The smallest absolute Gasteiger partial charge is 0.290 e. The second-order valence-corrected chi connectivity index (χ2v) is 9.13. The lowest BCUT2D eigenvalue weighted by Crippen LogP contribution is -2.17. The maximum atomic E-state index is 14.9. The van der Waals surface area contributed by atoms with Crippen LogP contribution in [0, 0.1) is 11.6 Å². The minimum atomic E-state index is -0.890. The zero-order valence-electron chi connectivity index (χ0n) is 19.2. The molecular formula is C26H18F2N4O4S. The van der Waals surface area contributed by atoms with Gasteiger partial charge in [0, 0.05) is 17.1 Å². The highest BCUT2D eigenvalue weighted by Crippen LogP contribution is 2.43. The summed E-state index contributed by atoms with van der Waals surface area (Å²) in [5.74, 6) is -3.04. The number of rotatable bonds is 5. The summed E-state index contributed by atoms with van der Waals surface area (Å²) in [6.45, 7) is 1.99. The van der Waals surface area contributed by atoms with Gasteiger partial charge in [0.15, 0.2) is 11.5 Å². The summed E-state index contributed by atoms with van der Waals surface area (Å²) in [4.78, 5) is 23.2. The van der Waals surface area contributed by atoms with Crippen molar-refractivity contribution < 1.29 is 28.6 Å². The van der Waals surface area contributed by atoms with Crippen molar-refractivity contribution in [2.75, 3.05) is 0 Å². The van der Waals surface area contributed by atoms with E-state index in [0.717, 1.165) is 35.9 Å². The number of carbonyl (C=O) groups is 2. The number of hydrogen-bond acceptors (Lipinski definition) is 7. The average Bonchev–Trinajstić information content (AvgIpc) is 3.33. The van der Waals surface area contributed by atoms with Crippen LogP contribution < -0.4 is 5.32 Å². The van der Waals surface area contributed by atoms with Crippen LogP contribution in [-0.4, -0.2) is 25.9 Å². The molecule has 1 aliphatic heterocycles. The molecule has 1 fully saturated rings. The highest BCUT2D eigenvalue weighted by molar-refractivity contribution is 8.18. The van der Waals surface area contributed by atoms with E-state index in [1.807, 2.05) is 19.1 Å². The van der Waals surface area contributed by atoms with Crippen LogP contribution >= 0.6 is 11.8 Å². The first-order chi connectivity index (χ1) is 17.7. The maximum Gasteiger partial charge on any atom is 0.290 e. The van der Waals surface area contributed by atoms with E-state index in [2.05, 4.69) is 15.5 Å². The second-order valence-electron chi connectivity index (χ2n) is 8.11. The molecule has 0 saturated carbocycles. The predicted octanol–water partition coefficient (Wildman–Crippen LogP) is 6.62. The zero-order valence-corrected chi connectivity index (χ0v) is 20.0. The molecule has 37 heavy (non-hydrogen) atoms. The lowest BCUT2D eigenvalue weighted by Gasteiger charge is -2.08. The SMILES string of the molecule is CCc1ccc(-n2c(O)c(N=Nc3ccc(/C=C4/SC(=O)NC4=O)cc3O)c3cc(F)cc(F)c32)cc1. The lowest BCUT2D eigenvalue weighted by molar-refractivity contribution is -0.115. The normalized spacial score (nSPS) is 14.8. The van der Waals surface area contributed by atoms with Gasteiger partial charge in [0.25, 0.3) is 11.1 Å². The first-order valence-corrected chi connectivity index (χ1v) is 11.9. The molecule has 5 rings (SSSR count). The van der Waals surface area contributed by atoms with Gasteiger partial charge < -0.3 is 10.2 Å². The van der Waals surface area contributed by atoms with E-state index in [-0.39, 0.29) is 32.9 Å². The van der Waals surface area contributed by atoms with Crippen LogP contribution in [0.25, 0.3) is 22.7 Å². The Labute approximate surface area is 213 Å². The fraction of sp³-hybridized carbons (Fsp3) is 0.0769. The molecule has 1 saturated heterocycles. The molecule has 2 heterocycles. The van der Waals surface area contributed by atoms with Gasteiger partial charge in [0.1, 0.15) is 17.3 Å². The second kappa shape index (κ2) is 9.51. The molecule has 1 aliphatic rings. The molecule has 8 nitrogen and oxygen atoms in total. The molecule has 11 heteroatoms. The van der Waals surface area contributed by atoms with Crippen molar-refractivity contribution in [3.05, 3.63) is 82.3 Å². The predicted molar refractivity (Wildman–Crippen MR) is 136 cm³/mol. The Hall–Kier alpha value is -4.51. The quantitative estimate of drug-likeness (QED) is 0.202. The number of azo groups is 1. The Kier molecular flexibility index (Phi) is 6.22. The molecule has 0 atom stereocenters. The lowest BCUT2D eigenvalue weighted by atomic mass is 10.1. The number of hydrogen-bond donors (Lipinski definition) is 3. The number of aromatic nitrogens is 1. The Bertz CT molecular complexity index is 1650. The molecule has 0 unspecified atom stereocenters. The number of imide groups is 1. The summed E-state index contributed by atoms with van der Waals surface area (Å²) in [5.41, 5.74) is 1.66. The van der Waals surface area contributed by atoms with E-state index in [1.54, 1.807) is 12.1 Å². The van der Waals surface area contributed by atoms with Crippen molar-refractivity contribution in [3.63, 3.8) is 0 Å². The topological polar surface area (TPSA) is 116 Å². The van der Waals surface area contributed by atoms with Crippen molar-refractivity contribution in [2.24, 2.45) is 10.2 Å². The number of aryl methyl sites for hydroxylation is 1. The number of phenolic OH excluding ortho intramolecular Hbond substituents is 1. The van der Waals surface area contributed by atoms with Crippen molar-refractivity contribution >= 4 is 51.3 Å². The number of phenols is 1. The van der Waals surface area contributed by atoms with Gasteiger partial charge in [-0.3, -0.25) is 19.5 Å². The average molecular weight is 521 g/mol. The van der Waals surface area contributed by atoms with E-state index in [9.17, 15) is 28.6 Å². The minimum absolute atomic E-state index is 0.00577.